The van der Waals surface area contributed by atoms with Crippen LogP contribution in [-0.4, -0.2) is 31.4 Å². The fourth-order valence-electron chi connectivity index (χ4n) is 3.55. The molecule has 0 radical (unpaired) electrons. The van der Waals surface area contributed by atoms with Gasteiger partial charge in [0.25, 0.3) is 5.91 Å². The Morgan fingerprint density at radius 1 is 1.13 bits per heavy atom. The van der Waals surface area contributed by atoms with Crippen LogP contribution in [0.3, 0.4) is 0 Å². The van der Waals surface area contributed by atoms with E-state index in [9.17, 15) is 13.2 Å². The largest absolute Gasteiger partial charge is 0.271 e. The fourth-order valence-corrected chi connectivity index (χ4v) is 4.71. The minimum atomic E-state index is -3.57. The lowest BCUT2D eigenvalue weighted by atomic mass is 9.89. The SMILES string of the molecule is Cc1ccc(S(=O)(=O)N(C)Cc2ccc(C(=O)N/N=C3\CCCC(C)C3)cc2)cc1. The highest BCUT2D eigenvalue weighted by atomic mass is 32.2. The van der Waals surface area contributed by atoms with Crippen molar-refractivity contribution in [2.75, 3.05) is 7.05 Å². The van der Waals surface area contributed by atoms with Gasteiger partial charge < -0.3 is 0 Å². The van der Waals surface area contributed by atoms with Crippen LogP contribution in [0.5, 0.6) is 0 Å². The van der Waals surface area contributed by atoms with E-state index in [1.807, 2.05) is 6.92 Å². The van der Waals surface area contributed by atoms with Gasteiger partial charge in [-0.05, 0) is 68.4 Å². The van der Waals surface area contributed by atoms with Gasteiger partial charge >= 0.3 is 0 Å². The molecule has 1 aliphatic carbocycles. The van der Waals surface area contributed by atoms with E-state index in [-0.39, 0.29) is 17.3 Å². The van der Waals surface area contributed by atoms with Gasteiger partial charge in [-0.3, -0.25) is 4.79 Å². The molecule has 0 heterocycles. The molecule has 0 bridgehead atoms. The summed E-state index contributed by atoms with van der Waals surface area (Å²) in [6, 6.07) is 13.7. The maximum Gasteiger partial charge on any atom is 0.271 e. The highest BCUT2D eigenvalue weighted by Crippen LogP contribution is 2.21. The van der Waals surface area contributed by atoms with Crippen molar-refractivity contribution in [1.82, 2.24) is 9.73 Å². The Bertz CT molecular complexity index is 1010. The molecule has 1 amide bonds. The molecule has 1 atom stereocenters. The Morgan fingerprint density at radius 3 is 2.43 bits per heavy atom. The number of hydrazone groups is 1. The van der Waals surface area contributed by atoms with Crippen molar-refractivity contribution in [3.63, 3.8) is 0 Å². The van der Waals surface area contributed by atoms with Crippen LogP contribution in [0.25, 0.3) is 0 Å². The number of carbonyl (C=O) groups is 1. The number of nitrogens with zero attached hydrogens (tertiary/aromatic N) is 2. The number of hydrogen-bond donors (Lipinski definition) is 1. The first-order valence-corrected chi connectivity index (χ1v) is 11.7. The van der Waals surface area contributed by atoms with Crippen molar-refractivity contribution >= 4 is 21.6 Å². The Kier molecular flexibility index (Phi) is 7.05. The Hall–Kier alpha value is -2.51. The second kappa shape index (κ2) is 9.53. The maximum atomic E-state index is 12.7. The number of carbonyl (C=O) groups excluding carboxylic acids is 1. The predicted octanol–water partition coefficient (Wildman–Crippen LogP) is 4.11. The van der Waals surface area contributed by atoms with Gasteiger partial charge in [-0.2, -0.15) is 9.41 Å². The average Bonchev–Trinajstić information content (AvgIpc) is 2.73. The van der Waals surface area contributed by atoms with Gasteiger partial charge in [0.15, 0.2) is 0 Å². The van der Waals surface area contributed by atoms with Crippen LogP contribution in [0, 0.1) is 12.8 Å². The van der Waals surface area contributed by atoms with Crippen molar-refractivity contribution in [3.8, 4) is 0 Å². The number of sulfonamides is 1. The molecule has 0 saturated heterocycles. The third kappa shape index (κ3) is 5.55. The lowest BCUT2D eigenvalue weighted by Crippen LogP contribution is -2.26. The van der Waals surface area contributed by atoms with Crippen LogP contribution < -0.4 is 5.43 Å². The van der Waals surface area contributed by atoms with E-state index in [4.69, 9.17) is 0 Å². The van der Waals surface area contributed by atoms with Crippen LogP contribution in [-0.2, 0) is 16.6 Å². The minimum Gasteiger partial charge on any atom is -0.267 e. The molecule has 0 spiro atoms. The van der Waals surface area contributed by atoms with E-state index in [1.165, 1.54) is 10.7 Å². The summed E-state index contributed by atoms with van der Waals surface area (Å²) in [4.78, 5) is 12.6. The van der Waals surface area contributed by atoms with E-state index < -0.39 is 10.0 Å². The van der Waals surface area contributed by atoms with Crippen LogP contribution in [0.15, 0.2) is 58.5 Å². The van der Waals surface area contributed by atoms with E-state index in [0.717, 1.165) is 36.1 Å². The number of hydrogen-bond acceptors (Lipinski definition) is 4. The van der Waals surface area contributed by atoms with E-state index >= 15 is 0 Å². The average molecular weight is 428 g/mol. The summed E-state index contributed by atoms with van der Waals surface area (Å²) >= 11 is 0. The smallest absolute Gasteiger partial charge is 0.267 e. The molecule has 1 saturated carbocycles. The van der Waals surface area contributed by atoms with Gasteiger partial charge in [0, 0.05) is 24.9 Å². The summed E-state index contributed by atoms with van der Waals surface area (Å²) in [6.45, 7) is 4.34. The minimum absolute atomic E-state index is 0.221. The van der Waals surface area contributed by atoms with Crippen molar-refractivity contribution in [1.29, 1.82) is 0 Å². The van der Waals surface area contributed by atoms with Crippen molar-refractivity contribution in [2.45, 2.75) is 51.0 Å². The van der Waals surface area contributed by atoms with Crippen LogP contribution in [0.1, 0.15) is 54.1 Å². The third-order valence-electron chi connectivity index (χ3n) is 5.41. The highest BCUT2D eigenvalue weighted by molar-refractivity contribution is 7.89. The van der Waals surface area contributed by atoms with Gasteiger partial charge in [-0.25, -0.2) is 13.8 Å². The second-order valence-electron chi connectivity index (χ2n) is 8.09. The van der Waals surface area contributed by atoms with Crippen molar-refractivity contribution in [2.24, 2.45) is 11.0 Å². The summed E-state index contributed by atoms with van der Waals surface area (Å²) in [5.41, 5.74) is 5.99. The molecular formula is C23H29N3O3S. The van der Waals surface area contributed by atoms with Gasteiger partial charge in [-0.15, -0.1) is 0 Å². The molecule has 2 aromatic carbocycles. The van der Waals surface area contributed by atoms with E-state index in [0.29, 0.717) is 11.5 Å². The Balaban J connectivity index is 1.61. The van der Waals surface area contributed by atoms with Gasteiger partial charge in [0.1, 0.15) is 0 Å². The summed E-state index contributed by atoms with van der Waals surface area (Å²) in [5.74, 6) is 0.356. The standard InChI is InChI=1S/C23H29N3O3S/c1-17-7-13-22(14-8-17)30(28,29)26(3)16-19-9-11-20(12-10-19)23(27)25-24-21-6-4-5-18(2)15-21/h7-14,18H,4-6,15-16H2,1-3H3,(H,25,27)/b24-21+. The number of benzene rings is 2. The topological polar surface area (TPSA) is 78.8 Å². The summed E-state index contributed by atoms with van der Waals surface area (Å²) < 4.78 is 26.8. The van der Waals surface area contributed by atoms with Gasteiger partial charge in [0.05, 0.1) is 4.90 Å². The molecule has 0 aliphatic heterocycles. The van der Waals surface area contributed by atoms with Crippen LogP contribution >= 0.6 is 0 Å². The zero-order valence-corrected chi connectivity index (χ0v) is 18.6. The molecule has 6 nitrogen and oxygen atoms in total. The Labute approximate surface area is 179 Å². The normalized spacial score (nSPS) is 18.5. The lowest BCUT2D eigenvalue weighted by Gasteiger charge is -2.19. The van der Waals surface area contributed by atoms with Crippen LogP contribution in [0.2, 0.25) is 0 Å². The zero-order valence-electron chi connectivity index (χ0n) is 17.8. The quantitative estimate of drug-likeness (QED) is 0.705. The highest BCUT2D eigenvalue weighted by Gasteiger charge is 2.21. The molecule has 0 aromatic heterocycles. The first-order chi connectivity index (χ1) is 14.3. The van der Waals surface area contributed by atoms with Crippen molar-refractivity contribution in [3.05, 3.63) is 65.2 Å². The monoisotopic (exact) mass is 427 g/mol. The maximum absolute atomic E-state index is 12.7. The summed E-state index contributed by atoms with van der Waals surface area (Å²) in [7, 11) is -2.02. The molecular weight excluding hydrogens is 398 g/mol. The Morgan fingerprint density at radius 2 is 1.80 bits per heavy atom. The van der Waals surface area contributed by atoms with Crippen LogP contribution in [0.4, 0.5) is 0 Å². The molecule has 1 aliphatic rings. The van der Waals surface area contributed by atoms with Crippen molar-refractivity contribution < 1.29 is 13.2 Å². The first kappa shape index (κ1) is 22.2. The van der Waals surface area contributed by atoms with Gasteiger partial charge in [0.2, 0.25) is 10.0 Å². The molecule has 3 rings (SSSR count). The second-order valence-corrected chi connectivity index (χ2v) is 10.1. The number of amides is 1. The summed E-state index contributed by atoms with van der Waals surface area (Å²) in [5, 5.41) is 4.28. The number of nitrogens with one attached hydrogen (secondary N) is 1. The molecule has 2 aromatic rings. The summed E-state index contributed by atoms with van der Waals surface area (Å²) in [6.07, 6.45) is 4.19. The van der Waals surface area contributed by atoms with E-state index in [2.05, 4.69) is 17.5 Å². The van der Waals surface area contributed by atoms with Gasteiger partial charge in [-0.1, -0.05) is 36.8 Å². The van der Waals surface area contributed by atoms with E-state index in [1.54, 1.807) is 55.6 Å². The zero-order chi connectivity index (χ0) is 21.7. The molecule has 1 fully saturated rings. The fraction of sp³-hybridized carbons (Fsp3) is 0.391. The third-order valence-corrected chi connectivity index (χ3v) is 7.23. The predicted molar refractivity (Wildman–Crippen MR) is 119 cm³/mol. The molecule has 1 N–H and O–H groups in total. The molecule has 30 heavy (non-hydrogen) atoms. The first-order valence-electron chi connectivity index (χ1n) is 10.2. The molecule has 1 unspecified atom stereocenters. The molecule has 160 valence electrons. The molecule has 7 heteroatoms. The number of aryl methyl sites for hydroxylation is 1. The lowest BCUT2D eigenvalue weighted by molar-refractivity contribution is 0.0954. The number of rotatable bonds is 6.